The molecule has 0 saturated carbocycles. The molecule has 1 atom stereocenters. The predicted molar refractivity (Wildman–Crippen MR) is 69.0 cm³/mol. The number of rotatable bonds is 5. The number of aliphatic hydroxyl groups is 1. The highest BCUT2D eigenvalue weighted by molar-refractivity contribution is 7.98. The van der Waals surface area contributed by atoms with E-state index in [1.54, 1.807) is 14.0 Å². The van der Waals surface area contributed by atoms with Crippen molar-refractivity contribution in [2.45, 2.75) is 12.5 Å². The Morgan fingerprint density at radius 3 is 2.88 bits per heavy atom. The van der Waals surface area contributed by atoms with Crippen LogP contribution in [0.4, 0.5) is 5.69 Å². The normalized spacial score (nSPS) is 14.4. The molecule has 1 aromatic rings. The maximum Gasteiger partial charge on any atom is 0.271 e. The van der Waals surface area contributed by atoms with Gasteiger partial charge in [0.2, 0.25) is 0 Å². The number of hydrogen-bond donors (Lipinski definition) is 3. The van der Waals surface area contributed by atoms with E-state index in [1.807, 2.05) is 6.26 Å². The Balaban J connectivity index is 2.62. The Morgan fingerprint density at radius 2 is 2.41 bits per heavy atom. The summed E-state index contributed by atoms with van der Waals surface area (Å²) in [5.74, 6) is 0.220. The number of aromatic nitrogens is 2. The molecule has 0 aliphatic heterocycles. The van der Waals surface area contributed by atoms with Crippen LogP contribution in [0.5, 0.6) is 0 Å². The number of nitrogens with zero attached hydrogens (tertiary/aromatic N) is 2. The molecule has 1 amide bonds. The lowest BCUT2D eigenvalue weighted by Crippen LogP contribution is -2.43. The standard InChI is InChI=1S/C10H18N4O2S/c1-10(16,6-17-3)5-12-9(15)8-7(11)4-13-14(8)2/h4,16H,5-6,11H2,1-3H3,(H,12,15). The van der Waals surface area contributed by atoms with E-state index in [0.717, 1.165) is 0 Å². The van der Waals surface area contributed by atoms with Crippen LogP contribution in [0, 0.1) is 0 Å². The summed E-state index contributed by atoms with van der Waals surface area (Å²) in [4.78, 5) is 11.8. The summed E-state index contributed by atoms with van der Waals surface area (Å²) in [6.07, 6.45) is 3.32. The van der Waals surface area contributed by atoms with Crippen LogP contribution in [-0.4, -0.2) is 44.9 Å². The van der Waals surface area contributed by atoms with Gasteiger partial charge in [-0.3, -0.25) is 9.48 Å². The minimum atomic E-state index is -0.928. The second-order valence-electron chi connectivity index (χ2n) is 4.18. The Kier molecular flexibility index (Phi) is 4.41. The number of thioether (sulfide) groups is 1. The number of hydrogen-bond acceptors (Lipinski definition) is 5. The Morgan fingerprint density at radius 1 is 1.76 bits per heavy atom. The van der Waals surface area contributed by atoms with Crippen molar-refractivity contribution in [3.05, 3.63) is 11.9 Å². The van der Waals surface area contributed by atoms with Gasteiger partial charge in [-0.25, -0.2) is 0 Å². The third-order valence-corrected chi connectivity index (χ3v) is 3.18. The summed E-state index contributed by atoms with van der Waals surface area (Å²) < 4.78 is 1.41. The van der Waals surface area contributed by atoms with E-state index in [2.05, 4.69) is 10.4 Å². The van der Waals surface area contributed by atoms with Crippen LogP contribution in [0.2, 0.25) is 0 Å². The second kappa shape index (κ2) is 5.42. The van der Waals surface area contributed by atoms with Crippen molar-refractivity contribution in [3.63, 3.8) is 0 Å². The summed E-state index contributed by atoms with van der Waals surface area (Å²) in [7, 11) is 1.64. The van der Waals surface area contributed by atoms with Crippen LogP contribution in [0.25, 0.3) is 0 Å². The van der Waals surface area contributed by atoms with E-state index in [9.17, 15) is 9.90 Å². The molecule has 7 heteroatoms. The van der Waals surface area contributed by atoms with Gasteiger partial charge in [-0.1, -0.05) is 0 Å². The number of anilines is 1. The molecular weight excluding hydrogens is 240 g/mol. The van der Waals surface area contributed by atoms with Crippen LogP contribution >= 0.6 is 11.8 Å². The molecule has 1 rings (SSSR count). The summed E-state index contributed by atoms with van der Waals surface area (Å²) in [6.45, 7) is 1.85. The fourth-order valence-corrected chi connectivity index (χ4v) is 2.17. The first-order valence-corrected chi connectivity index (χ1v) is 6.54. The van der Waals surface area contributed by atoms with Crippen molar-refractivity contribution >= 4 is 23.4 Å². The predicted octanol–water partition coefficient (Wildman–Crippen LogP) is -0.154. The van der Waals surface area contributed by atoms with Gasteiger partial charge in [0.25, 0.3) is 5.91 Å². The molecule has 0 radical (unpaired) electrons. The molecule has 1 aromatic heterocycles. The largest absolute Gasteiger partial charge is 0.396 e. The summed E-state index contributed by atoms with van der Waals surface area (Å²) >= 11 is 1.52. The monoisotopic (exact) mass is 258 g/mol. The number of carbonyl (C=O) groups is 1. The molecule has 0 bridgehead atoms. The summed E-state index contributed by atoms with van der Waals surface area (Å²) in [6, 6.07) is 0. The number of nitrogens with one attached hydrogen (secondary N) is 1. The fraction of sp³-hybridized carbons (Fsp3) is 0.600. The van der Waals surface area contributed by atoms with Gasteiger partial charge in [0, 0.05) is 19.3 Å². The number of amides is 1. The maximum absolute atomic E-state index is 11.8. The first-order valence-electron chi connectivity index (χ1n) is 5.14. The first kappa shape index (κ1) is 13.9. The fourth-order valence-electron chi connectivity index (χ4n) is 1.45. The highest BCUT2D eigenvalue weighted by atomic mass is 32.2. The van der Waals surface area contributed by atoms with Crippen molar-refractivity contribution in [2.24, 2.45) is 7.05 Å². The van der Waals surface area contributed by atoms with Crippen molar-refractivity contribution in [1.82, 2.24) is 15.1 Å². The zero-order valence-corrected chi connectivity index (χ0v) is 11.0. The third-order valence-electron chi connectivity index (χ3n) is 2.27. The van der Waals surface area contributed by atoms with Gasteiger partial charge < -0.3 is 16.2 Å². The zero-order valence-electron chi connectivity index (χ0n) is 10.2. The second-order valence-corrected chi connectivity index (χ2v) is 5.05. The molecule has 0 spiro atoms. The number of nitrogen functional groups attached to an aromatic ring is 1. The Labute approximate surface area is 105 Å². The van der Waals surface area contributed by atoms with E-state index >= 15 is 0 Å². The third kappa shape index (κ3) is 3.64. The van der Waals surface area contributed by atoms with Gasteiger partial charge in [-0.2, -0.15) is 16.9 Å². The molecule has 4 N–H and O–H groups in total. The van der Waals surface area contributed by atoms with E-state index < -0.39 is 5.60 Å². The average molecular weight is 258 g/mol. The van der Waals surface area contributed by atoms with Gasteiger partial charge in [-0.05, 0) is 13.2 Å². The van der Waals surface area contributed by atoms with Crippen LogP contribution < -0.4 is 11.1 Å². The van der Waals surface area contributed by atoms with Crippen molar-refractivity contribution in [3.8, 4) is 0 Å². The molecule has 0 aliphatic carbocycles. The van der Waals surface area contributed by atoms with Gasteiger partial charge in [-0.15, -0.1) is 0 Å². The highest BCUT2D eigenvalue weighted by Crippen LogP contribution is 2.11. The molecule has 96 valence electrons. The quantitative estimate of drug-likeness (QED) is 0.683. The van der Waals surface area contributed by atoms with Gasteiger partial charge in [0.1, 0.15) is 5.69 Å². The maximum atomic E-state index is 11.8. The van der Waals surface area contributed by atoms with Crippen molar-refractivity contribution < 1.29 is 9.90 Å². The first-order chi connectivity index (χ1) is 7.87. The van der Waals surface area contributed by atoms with Gasteiger partial charge in [0.15, 0.2) is 0 Å². The molecule has 1 heterocycles. The zero-order chi connectivity index (χ0) is 13.1. The SMILES string of the molecule is CSCC(C)(O)CNC(=O)c1c(N)cnn1C. The minimum Gasteiger partial charge on any atom is -0.396 e. The van der Waals surface area contributed by atoms with Crippen LogP contribution in [0.3, 0.4) is 0 Å². The minimum absolute atomic E-state index is 0.178. The molecule has 6 nitrogen and oxygen atoms in total. The Hall–Kier alpha value is -1.21. The Bertz CT molecular complexity index is 384. The lowest BCUT2D eigenvalue weighted by atomic mass is 10.1. The highest BCUT2D eigenvalue weighted by Gasteiger charge is 2.22. The van der Waals surface area contributed by atoms with Gasteiger partial charge in [0.05, 0.1) is 17.5 Å². The van der Waals surface area contributed by atoms with Crippen molar-refractivity contribution in [1.29, 1.82) is 0 Å². The van der Waals surface area contributed by atoms with Crippen LogP contribution in [0.1, 0.15) is 17.4 Å². The molecule has 0 aliphatic rings. The number of carbonyl (C=O) groups excluding carboxylic acids is 1. The van der Waals surface area contributed by atoms with E-state index in [-0.39, 0.29) is 12.5 Å². The van der Waals surface area contributed by atoms with Crippen LogP contribution in [-0.2, 0) is 7.05 Å². The molecule has 0 saturated heterocycles. The lowest BCUT2D eigenvalue weighted by molar-refractivity contribution is 0.0720. The van der Waals surface area contributed by atoms with E-state index in [0.29, 0.717) is 17.1 Å². The molecule has 0 fully saturated rings. The molecule has 0 aromatic carbocycles. The topological polar surface area (TPSA) is 93.2 Å². The van der Waals surface area contributed by atoms with E-state index in [1.165, 1.54) is 22.6 Å². The van der Waals surface area contributed by atoms with Crippen LogP contribution in [0.15, 0.2) is 6.20 Å². The van der Waals surface area contributed by atoms with Gasteiger partial charge >= 0.3 is 0 Å². The molecule has 1 unspecified atom stereocenters. The molecule has 17 heavy (non-hydrogen) atoms. The lowest BCUT2D eigenvalue weighted by Gasteiger charge is -2.22. The average Bonchev–Trinajstić information content (AvgIpc) is 2.55. The smallest absolute Gasteiger partial charge is 0.271 e. The number of aryl methyl sites for hydroxylation is 1. The number of nitrogens with two attached hydrogens (primary N) is 1. The summed E-state index contributed by atoms with van der Waals surface area (Å²) in [5.41, 5.74) is 5.34. The summed E-state index contributed by atoms with van der Waals surface area (Å²) in [5, 5.41) is 16.4. The van der Waals surface area contributed by atoms with E-state index in [4.69, 9.17) is 5.73 Å². The molecular formula is C10H18N4O2S. The van der Waals surface area contributed by atoms with Crippen molar-refractivity contribution in [2.75, 3.05) is 24.3 Å².